The second kappa shape index (κ2) is 6.45. The molecule has 0 aliphatic carbocycles. The van der Waals surface area contributed by atoms with Crippen molar-refractivity contribution in [3.05, 3.63) is 34.9 Å². The van der Waals surface area contributed by atoms with Crippen molar-refractivity contribution in [3.63, 3.8) is 0 Å². The fraction of sp³-hybridized carbons (Fsp3) is 0.462. The topological polar surface area (TPSA) is 32.3 Å². The predicted molar refractivity (Wildman–Crippen MR) is 77.2 cm³/mol. The van der Waals surface area contributed by atoms with Crippen molar-refractivity contribution in [3.8, 4) is 0 Å². The van der Waals surface area contributed by atoms with Gasteiger partial charge in [-0.2, -0.15) is 11.8 Å². The minimum absolute atomic E-state index is 0.0945. The van der Waals surface area contributed by atoms with Crippen LogP contribution in [0.25, 0.3) is 0 Å². The van der Waals surface area contributed by atoms with Crippen molar-refractivity contribution >= 4 is 29.3 Å². The number of carbonyl (C=O) groups excluding carboxylic acids is 1. The largest absolute Gasteiger partial charge is 0.332 e. The smallest absolute Gasteiger partial charge is 0.233 e. The van der Waals surface area contributed by atoms with Gasteiger partial charge in [0.15, 0.2) is 0 Å². The van der Waals surface area contributed by atoms with Crippen LogP contribution in [0.2, 0.25) is 5.02 Å². The number of hydrogen-bond acceptors (Lipinski definition) is 3. The van der Waals surface area contributed by atoms with Gasteiger partial charge in [0.25, 0.3) is 0 Å². The van der Waals surface area contributed by atoms with Gasteiger partial charge in [0.05, 0.1) is 11.8 Å². The van der Waals surface area contributed by atoms with Gasteiger partial charge in [-0.3, -0.25) is 4.79 Å². The zero-order valence-corrected chi connectivity index (χ0v) is 11.9. The highest BCUT2D eigenvalue weighted by atomic mass is 35.5. The quantitative estimate of drug-likeness (QED) is 0.923. The molecule has 1 fully saturated rings. The van der Waals surface area contributed by atoms with Crippen LogP contribution < -0.4 is 5.32 Å². The number of benzene rings is 1. The average Bonchev–Trinajstić information content (AvgIpc) is 2.39. The molecule has 1 atom stereocenters. The molecule has 1 aromatic carbocycles. The van der Waals surface area contributed by atoms with Crippen LogP contribution in [0.1, 0.15) is 11.6 Å². The van der Waals surface area contributed by atoms with E-state index in [1.54, 1.807) is 11.8 Å². The Morgan fingerprint density at radius 3 is 3.17 bits per heavy atom. The van der Waals surface area contributed by atoms with E-state index in [1.807, 2.05) is 35.4 Å². The summed E-state index contributed by atoms with van der Waals surface area (Å²) in [6, 6.07) is 7.86. The molecule has 1 heterocycles. The molecule has 1 N–H and O–H groups in total. The fourth-order valence-electron chi connectivity index (χ4n) is 2.22. The molecule has 98 valence electrons. The van der Waals surface area contributed by atoms with Gasteiger partial charge in [-0.15, -0.1) is 0 Å². The number of amides is 1. The van der Waals surface area contributed by atoms with E-state index in [9.17, 15) is 4.79 Å². The van der Waals surface area contributed by atoms with E-state index >= 15 is 0 Å². The van der Waals surface area contributed by atoms with Gasteiger partial charge in [0, 0.05) is 24.7 Å². The third-order valence-electron chi connectivity index (χ3n) is 3.06. The van der Waals surface area contributed by atoms with E-state index in [4.69, 9.17) is 11.6 Å². The van der Waals surface area contributed by atoms with E-state index in [2.05, 4.69) is 5.32 Å². The van der Waals surface area contributed by atoms with E-state index in [0.29, 0.717) is 5.75 Å². The molecule has 3 nitrogen and oxygen atoms in total. The Kier molecular flexibility index (Phi) is 4.92. The van der Waals surface area contributed by atoms with Gasteiger partial charge in [-0.05, 0) is 24.0 Å². The van der Waals surface area contributed by atoms with Crippen LogP contribution in [-0.2, 0) is 4.79 Å². The van der Waals surface area contributed by atoms with Gasteiger partial charge in [0.2, 0.25) is 5.91 Å². The highest BCUT2D eigenvalue weighted by Gasteiger charge is 2.27. The Labute approximate surface area is 117 Å². The van der Waals surface area contributed by atoms with Crippen molar-refractivity contribution in [2.45, 2.75) is 6.04 Å². The first kappa shape index (κ1) is 13.7. The average molecular weight is 285 g/mol. The van der Waals surface area contributed by atoms with Crippen LogP contribution in [0.15, 0.2) is 24.3 Å². The van der Waals surface area contributed by atoms with Gasteiger partial charge >= 0.3 is 0 Å². The third-order valence-corrected chi connectivity index (χ3v) is 3.84. The van der Waals surface area contributed by atoms with Crippen molar-refractivity contribution < 1.29 is 4.79 Å². The SMILES string of the molecule is CSCC(=O)N1CCNCC1c1cccc(Cl)c1. The molecule has 2 rings (SSSR count). The first-order valence-corrected chi connectivity index (χ1v) is 7.74. The van der Waals surface area contributed by atoms with Gasteiger partial charge in [-0.1, -0.05) is 23.7 Å². The lowest BCUT2D eigenvalue weighted by molar-refractivity contribution is -0.131. The van der Waals surface area contributed by atoms with Gasteiger partial charge < -0.3 is 10.2 Å². The van der Waals surface area contributed by atoms with Crippen LogP contribution in [0.4, 0.5) is 0 Å². The second-order valence-electron chi connectivity index (χ2n) is 4.30. The van der Waals surface area contributed by atoms with Gasteiger partial charge in [0.1, 0.15) is 0 Å². The number of hydrogen-bond donors (Lipinski definition) is 1. The van der Waals surface area contributed by atoms with Crippen LogP contribution in [-0.4, -0.2) is 42.4 Å². The maximum atomic E-state index is 12.1. The zero-order valence-electron chi connectivity index (χ0n) is 10.4. The maximum absolute atomic E-state index is 12.1. The third kappa shape index (κ3) is 3.19. The number of halogens is 1. The van der Waals surface area contributed by atoms with E-state index in [-0.39, 0.29) is 11.9 Å². The molecule has 18 heavy (non-hydrogen) atoms. The highest BCUT2D eigenvalue weighted by molar-refractivity contribution is 7.99. The van der Waals surface area contributed by atoms with Gasteiger partial charge in [-0.25, -0.2) is 0 Å². The zero-order chi connectivity index (χ0) is 13.0. The number of nitrogens with zero attached hydrogens (tertiary/aromatic N) is 1. The molecule has 0 bridgehead atoms. The Balaban J connectivity index is 2.20. The van der Waals surface area contributed by atoms with E-state index in [1.165, 1.54) is 0 Å². The maximum Gasteiger partial charge on any atom is 0.233 e. The highest BCUT2D eigenvalue weighted by Crippen LogP contribution is 2.25. The number of piperazine rings is 1. The minimum Gasteiger partial charge on any atom is -0.332 e. The summed E-state index contributed by atoms with van der Waals surface area (Å²) in [7, 11) is 0. The van der Waals surface area contributed by atoms with Crippen LogP contribution in [0.5, 0.6) is 0 Å². The Morgan fingerprint density at radius 1 is 1.61 bits per heavy atom. The first-order chi connectivity index (χ1) is 8.72. The summed E-state index contributed by atoms with van der Waals surface area (Å²) in [5.41, 5.74) is 1.10. The van der Waals surface area contributed by atoms with Crippen molar-refractivity contribution in [2.24, 2.45) is 0 Å². The second-order valence-corrected chi connectivity index (χ2v) is 5.60. The lowest BCUT2D eigenvalue weighted by Crippen LogP contribution is -2.49. The van der Waals surface area contributed by atoms with Crippen LogP contribution in [0, 0.1) is 0 Å². The molecule has 1 unspecified atom stereocenters. The van der Waals surface area contributed by atoms with Crippen LogP contribution in [0.3, 0.4) is 0 Å². The summed E-state index contributed by atoms with van der Waals surface area (Å²) in [6.07, 6.45) is 1.95. The molecule has 1 amide bonds. The monoisotopic (exact) mass is 284 g/mol. The number of nitrogens with one attached hydrogen (secondary N) is 1. The molecule has 0 radical (unpaired) electrons. The molecule has 1 aliphatic rings. The molecule has 0 spiro atoms. The molecular formula is C13H17ClN2OS. The molecule has 1 saturated heterocycles. The molecule has 0 saturated carbocycles. The number of thioether (sulfide) groups is 1. The summed E-state index contributed by atoms with van der Waals surface area (Å²) in [5.74, 6) is 0.742. The Hall–Kier alpha value is -0.710. The van der Waals surface area contributed by atoms with Crippen molar-refractivity contribution in [2.75, 3.05) is 31.6 Å². The Morgan fingerprint density at radius 2 is 2.44 bits per heavy atom. The summed E-state index contributed by atoms with van der Waals surface area (Å²) < 4.78 is 0. The fourth-order valence-corrected chi connectivity index (χ4v) is 2.83. The molecule has 1 aromatic rings. The number of carbonyl (C=O) groups is 1. The van der Waals surface area contributed by atoms with Crippen LogP contribution >= 0.6 is 23.4 Å². The lowest BCUT2D eigenvalue weighted by Gasteiger charge is -2.36. The standard InChI is InChI=1S/C13H17ClN2OS/c1-18-9-13(17)16-6-5-15-8-12(16)10-3-2-4-11(14)7-10/h2-4,7,12,15H,5-6,8-9H2,1H3. The molecule has 1 aliphatic heterocycles. The summed E-state index contributed by atoms with van der Waals surface area (Å²) in [6.45, 7) is 2.41. The van der Waals surface area contributed by atoms with E-state index < -0.39 is 0 Å². The number of rotatable bonds is 3. The summed E-state index contributed by atoms with van der Waals surface area (Å²) >= 11 is 7.59. The normalized spacial score (nSPS) is 19.9. The van der Waals surface area contributed by atoms with E-state index in [0.717, 1.165) is 30.2 Å². The lowest BCUT2D eigenvalue weighted by atomic mass is 10.0. The summed E-state index contributed by atoms with van der Waals surface area (Å²) in [5, 5.41) is 4.05. The Bertz CT molecular complexity index is 427. The van der Waals surface area contributed by atoms with Crippen molar-refractivity contribution in [1.29, 1.82) is 0 Å². The van der Waals surface area contributed by atoms with Crippen molar-refractivity contribution in [1.82, 2.24) is 10.2 Å². The summed E-state index contributed by atoms with van der Waals surface area (Å²) in [4.78, 5) is 14.1. The first-order valence-electron chi connectivity index (χ1n) is 5.97. The molecule has 5 heteroatoms. The molecular weight excluding hydrogens is 268 g/mol. The molecule has 0 aromatic heterocycles. The minimum atomic E-state index is 0.0945. The predicted octanol–water partition coefficient (Wildman–Crippen LogP) is 2.18.